The largest absolute Gasteiger partial charge is 0.339 e. The van der Waals surface area contributed by atoms with E-state index < -0.39 is 0 Å². The van der Waals surface area contributed by atoms with Crippen LogP contribution in [0.25, 0.3) is 10.7 Å². The van der Waals surface area contributed by atoms with Gasteiger partial charge in [0.05, 0.1) is 16.3 Å². The van der Waals surface area contributed by atoms with E-state index in [0.29, 0.717) is 40.8 Å². The van der Waals surface area contributed by atoms with Gasteiger partial charge in [-0.05, 0) is 47.8 Å². The topological polar surface area (TPSA) is 117 Å². The number of aromatic nitrogens is 2. The normalized spacial score (nSPS) is 12.7. The summed E-state index contributed by atoms with van der Waals surface area (Å²) in [5.41, 5.74) is 2.21. The molecule has 5 rings (SSSR count). The Bertz CT molecular complexity index is 1350. The number of thiophene rings is 1. The van der Waals surface area contributed by atoms with E-state index >= 15 is 0 Å². The molecule has 170 valence electrons. The fourth-order valence-electron chi connectivity index (χ4n) is 3.57. The van der Waals surface area contributed by atoms with Gasteiger partial charge in [-0.1, -0.05) is 23.4 Å². The molecule has 0 fully saturated rings. The molecule has 34 heavy (non-hydrogen) atoms. The van der Waals surface area contributed by atoms with Crippen molar-refractivity contribution < 1.29 is 18.9 Å². The minimum Gasteiger partial charge on any atom is -0.339 e. The molecule has 0 bridgehead atoms. The Kier molecular flexibility index (Phi) is 5.88. The molecule has 0 atom stereocenters. The van der Waals surface area contributed by atoms with Crippen LogP contribution >= 0.6 is 11.3 Å². The molecule has 10 heteroatoms. The average molecular weight is 474 g/mol. The van der Waals surface area contributed by atoms with Gasteiger partial charge in [-0.15, -0.1) is 11.3 Å². The Morgan fingerprint density at radius 2 is 1.91 bits per heavy atom. The molecule has 2 aromatic heterocycles. The lowest BCUT2D eigenvalue weighted by molar-refractivity contribution is -0.116. The van der Waals surface area contributed by atoms with Gasteiger partial charge in [0.1, 0.15) is 6.54 Å². The van der Waals surface area contributed by atoms with Crippen molar-refractivity contribution in [1.29, 1.82) is 0 Å². The highest BCUT2D eigenvalue weighted by Gasteiger charge is 2.27. The van der Waals surface area contributed by atoms with Gasteiger partial charge in [-0.2, -0.15) is 4.98 Å². The fourth-order valence-corrected chi connectivity index (χ4v) is 4.22. The fraction of sp³-hybridized carbons (Fsp3) is 0.125. The molecule has 0 saturated heterocycles. The number of carbonyl (C=O) groups is 3. The van der Waals surface area contributed by atoms with Crippen LogP contribution in [0.5, 0.6) is 0 Å². The van der Waals surface area contributed by atoms with Crippen LogP contribution in [-0.4, -0.2) is 34.4 Å². The zero-order valence-electron chi connectivity index (χ0n) is 17.9. The third-order valence-corrected chi connectivity index (χ3v) is 6.07. The molecule has 9 nitrogen and oxygen atoms in total. The first-order valence-corrected chi connectivity index (χ1v) is 11.4. The smallest absolute Gasteiger partial charge is 0.258 e. The standard InChI is InChI=1S/C24H19N5O4S/c30-20(11-12-22-27-23(28-33-22)19-6-3-13-34-19)25-16-9-7-15(8-10-16)24(32)29-14-21(31)26-17-4-1-2-5-18(17)29/h1-10,13H,11-12,14H2,(H,25,30)(H,26,31). The number of rotatable bonds is 6. The van der Waals surface area contributed by atoms with Crippen molar-refractivity contribution in [3.8, 4) is 10.7 Å². The first-order valence-electron chi connectivity index (χ1n) is 10.5. The number of carbonyl (C=O) groups excluding carboxylic acids is 3. The molecule has 0 spiro atoms. The molecule has 0 radical (unpaired) electrons. The van der Waals surface area contributed by atoms with E-state index in [1.54, 1.807) is 42.5 Å². The van der Waals surface area contributed by atoms with Crippen molar-refractivity contribution >= 4 is 46.1 Å². The number of nitrogens with one attached hydrogen (secondary N) is 2. The molecular weight excluding hydrogens is 454 g/mol. The summed E-state index contributed by atoms with van der Waals surface area (Å²) in [6, 6.07) is 17.5. The number of fused-ring (bicyclic) bond motifs is 1. The van der Waals surface area contributed by atoms with Gasteiger partial charge in [0.25, 0.3) is 5.91 Å². The number of para-hydroxylation sites is 2. The SMILES string of the molecule is O=C(CCc1nc(-c2cccs2)no1)Nc1ccc(C(=O)N2CC(=O)Nc3ccccc32)cc1. The van der Waals surface area contributed by atoms with E-state index in [4.69, 9.17) is 4.52 Å². The third kappa shape index (κ3) is 4.57. The quantitative estimate of drug-likeness (QED) is 0.438. The average Bonchev–Trinajstić information content (AvgIpc) is 3.54. The zero-order valence-corrected chi connectivity index (χ0v) is 18.7. The molecule has 2 N–H and O–H groups in total. The summed E-state index contributed by atoms with van der Waals surface area (Å²) in [5.74, 6) is 0.152. The maximum absolute atomic E-state index is 13.0. The maximum atomic E-state index is 13.0. The second-order valence-corrected chi connectivity index (χ2v) is 8.52. The molecular formula is C24H19N5O4S. The van der Waals surface area contributed by atoms with Crippen molar-refractivity contribution in [3.05, 3.63) is 77.5 Å². The highest BCUT2D eigenvalue weighted by Crippen LogP contribution is 2.30. The van der Waals surface area contributed by atoms with Crippen LogP contribution in [0.3, 0.4) is 0 Å². The molecule has 1 aliphatic heterocycles. The molecule has 0 aliphatic carbocycles. The number of aryl methyl sites for hydroxylation is 1. The van der Waals surface area contributed by atoms with E-state index in [1.807, 2.05) is 23.6 Å². The Labute approximate surface area is 198 Å². The van der Waals surface area contributed by atoms with E-state index in [-0.39, 0.29) is 30.7 Å². The lowest BCUT2D eigenvalue weighted by Gasteiger charge is -2.29. The van der Waals surface area contributed by atoms with Crippen LogP contribution in [-0.2, 0) is 16.0 Å². The predicted molar refractivity (Wildman–Crippen MR) is 128 cm³/mol. The molecule has 0 saturated carbocycles. The lowest BCUT2D eigenvalue weighted by atomic mass is 10.1. The van der Waals surface area contributed by atoms with Gasteiger partial charge in [-0.25, -0.2) is 0 Å². The first-order chi connectivity index (χ1) is 16.6. The summed E-state index contributed by atoms with van der Waals surface area (Å²) >= 11 is 1.51. The van der Waals surface area contributed by atoms with Crippen LogP contribution in [0.4, 0.5) is 17.1 Å². The van der Waals surface area contributed by atoms with E-state index in [1.165, 1.54) is 16.2 Å². The predicted octanol–water partition coefficient (Wildman–Crippen LogP) is 3.97. The highest BCUT2D eigenvalue weighted by atomic mass is 32.1. The van der Waals surface area contributed by atoms with Crippen molar-refractivity contribution in [2.24, 2.45) is 0 Å². The first kappa shape index (κ1) is 21.5. The van der Waals surface area contributed by atoms with Crippen LogP contribution in [0.15, 0.2) is 70.6 Å². The van der Waals surface area contributed by atoms with Crippen molar-refractivity contribution in [1.82, 2.24) is 10.1 Å². The summed E-state index contributed by atoms with van der Waals surface area (Å²) in [4.78, 5) is 44.0. The third-order valence-electron chi connectivity index (χ3n) is 5.21. The summed E-state index contributed by atoms with van der Waals surface area (Å²) in [7, 11) is 0. The van der Waals surface area contributed by atoms with Crippen LogP contribution in [0.2, 0.25) is 0 Å². The number of hydrogen-bond donors (Lipinski definition) is 2. The number of benzene rings is 2. The molecule has 3 heterocycles. The minimum atomic E-state index is -0.293. The monoisotopic (exact) mass is 473 g/mol. The Morgan fingerprint density at radius 1 is 1.09 bits per heavy atom. The number of hydrogen-bond acceptors (Lipinski definition) is 7. The van der Waals surface area contributed by atoms with Gasteiger partial charge < -0.3 is 15.2 Å². The molecule has 2 aromatic carbocycles. The molecule has 0 unspecified atom stereocenters. The van der Waals surface area contributed by atoms with Crippen LogP contribution in [0.1, 0.15) is 22.7 Å². The molecule has 3 amide bonds. The van der Waals surface area contributed by atoms with Crippen molar-refractivity contribution in [3.63, 3.8) is 0 Å². The van der Waals surface area contributed by atoms with Crippen molar-refractivity contribution in [2.75, 3.05) is 22.1 Å². The summed E-state index contributed by atoms with van der Waals surface area (Å²) in [6.07, 6.45) is 0.490. The van der Waals surface area contributed by atoms with E-state index in [2.05, 4.69) is 20.8 Å². The van der Waals surface area contributed by atoms with E-state index in [0.717, 1.165) is 4.88 Å². The zero-order chi connectivity index (χ0) is 23.5. The van der Waals surface area contributed by atoms with Gasteiger partial charge in [-0.3, -0.25) is 19.3 Å². The lowest BCUT2D eigenvalue weighted by Crippen LogP contribution is -2.42. The highest BCUT2D eigenvalue weighted by molar-refractivity contribution is 7.13. The number of anilines is 3. The summed E-state index contributed by atoms with van der Waals surface area (Å²) in [5, 5.41) is 11.4. The maximum Gasteiger partial charge on any atom is 0.258 e. The second kappa shape index (κ2) is 9.28. The van der Waals surface area contributed by atoms with Gasteiger partial charge in [0.2, 0.25) is 23.5 Å². The van der Waals surface area contributed by atoms with Gasteiger partial charge in [0, 0.05) is 24.1 Å². The Morgan fingerprint density at radius 3 is 2.71 bits per heavy atom. The minimum absolute atomic E-state index is 0.0573. The second-order valence-electron chi connectivity index (χ2n) is 7.57. The Balaban J connectivity index is 1.19. The van der Waals surface area contributed by atoms with Gasteiger partial charge >= 0.3 is 0 Å². The van der Waals surface area contributed by atoms with Crippen molar-refractivity contribution in [2.45, 2.75) is 12.8 Å². The van der Waals surface area contributed by atoms with Crippen LogP contribution in [0, 0.1) is 0 Å². The van der Waals surface area contributed by atoms with E-state index in [9.17, 15) is 14.4 Å². The van der Waals surface area contributed by atoms with Gasteiger partial charge in [0.15, 0.2) is 0 Å². The molecule has 1 aliphatic rings. The summed E-state index contributed by atoms with van der Waals surface area (Å²) < 4.78 is 5.22. The Hall–Kier alpha value is -4.31. The number of amides is 3. The summed E-state index contributed by atoms with van der Waals surface area (Å²) in [6.45, 7) is -0.0573. The molecule has 4 aromatic rings. The van der Waals surface area contributed by atoms with Crippen LogP contribution < -0.4 is 15.5 Å². The number of nitrogens with zero attached hydrogens (tertiary/aromatic N) is 3.